The number of rotatable bonds is 6. The van der Waals surface area contributed by atoms with Gasteiger partial charge in [-0.2, -0.15) is 0 Å². The van der Waals surface area contributed by atoms with Gasteiger partial charge in [-0.25, -0.2) is 0 Å². The van der Waals surface area contributed by atoms with E-state index in [9.17, 15) is 9.59 Å². The van der Waals surface area contributed by atoms with Gasteiger partial charge in [0.05, 0.1) is 4.88 Å². The fraction of sp³-hybridized carbons (Fsp3) is 0.125. The summed E-state index contributed by atoms with van der Waals surface area (Å²) in [4.78, 5) is 23.9. The molecule has 108 valence electrons. The van der Waals surface area contributed by atoms with Gasteiger partial charge in [-0.15, -0.1) is 11.3 Å². The van der Waals surface area contributed by atoms with Crippen LogP contribution in [0.4, 0.5) is 0 Å². The lowest BCUT2D eigenvalue weighted by Crippen LogP contribution is -2.33. The van der Waals surface area contributed by atoms with Crippen molar-refractivity contribution in [3.8, 4) is 0 Å². The summed E-state index contributed by atoms with van der Waals surface area (Å²) in [5.41, 5.74) is 0.971. The Kier molecular flexibility index (Phi) is 5.72. The number of benzene rings is 1. The first-order valence-electron chi connectivity index (χ1n) is 6.58. The maximum atomic E-state index is 11.6. The van der Waals surface area contributed by atoms with Crippen LogP contribution < -0.4 is 10.6 Å². The minimum absolute atomic E-state index is 0.112. The van der Waals surface area contributed by atoms with E-state index in [0.29, 0.717) is 18.0 Å². The van der Waals surface area contributed by atoms with Gasteiger partial charge in [0.15, 0.2) is 0 Å². The van der Waals surface area contributed by atoms with E-state index in [1.807, 2.05) is 41.8 Å². The van der Waals surface area contributed by atoms with Crippen LogP contribution in [-0.4, -0.2) is 24.9 Å². The summed E-state index contributed by atoms with van der Waals surface area (Å²) >= 11 is 1.39. The SMILES string of the molecule is O=C(C=Cc1ccccc1)NCCNC(=O)c1cccs1. The largest absolute Gasteiger partial charge is 0.351 e. The van der Waals surface area contributed by atoms with Gasteiger partial charge in [0.25, 0.3) is 5.91 Å². The van der Waals surface area contributed by atoms with Gasteiger partial charge >= 0.3 is 0 Å². The van der Waals surface area contributed by atoms with Crippen LogP contribution in [0.1, 0.15) is 15.2 Å². The van der Waals surface area contributed by atoms with Crippen LogP contribution in [0, 0.1) is 0 Å². The Morgan fingerprint density at radius 2 is 1.76 bits per heavy atom. The minimum Gasteiger partial charge on any atom is -0.351 e. The Hall–Kier alpha value is -2.40. The second-order valence-corrected chi connectivity index (χ2v) is 5.22. The van der Waals surface area contributed by atoms with Crippen molar-refractivity contribution in [3.05, 3.63) is 64.4 Å². The van der Waals surface area contributed by atoms with Crippen molar-refractivity contribution in [2.75, 3.05) is 13.1 Å². The number of hydrogen-bond acceptors (Lipinski definition) is 3. The highest BCUT2D eigenvalue weighted by atomic mass is 32.1. The zero-order valence-corrected chi connectivity index (χ0v) is 12.2. The molecule has 2 amide bonds. The molecule has 2 N–H and O–H groups in total. The predicted octanol–water partition coefficient (Wildman–Crippen LogP) is 2.31. The number of amides is 2. The van der Waals surface area contributed by atoms with Gasteiger partial charge in [0.2, 0.25) is 5.91 Å². The molecule has 0 aliphatic heterocycles. The molecule has 0 saturated heterocycles. The maximum Gasteiger partial charge on any atom is 0.261 e. The summed E-state index contributed by atoms with van der Waals surface area (Å²) in [6.45, 7) is 0.802. The molecule has 0 saturated carbocycles. The molecule has 4 nitrogen and oxygen atoms in total. The Labute approximate surface area is 127 Å². The zero-order chi connectivity index (χ0) is 14.9. The molecule has 0 unspecified atom stereocenters. The van der Waals surface area contributed by atoms with Crippen LogP contribution in [-0.2, 0) is 4.79 Å². The molecule has 1 aromatic heterocycles. The number of carbonyl (C=O) groups excluding carboxylic acids is 2. The first-order valence-corrected chi connectivity index (χ1v) is 7.46. The Balaban J connectivity index is 1.66. The quantitative estimate of drug-likeness (QED) is 0.635. The molecule has 1 aromatic carbocycles. The average molecular weight is 300 g/mol. The summed E-state index contributed by atoms with van der Waals surface area (Å²) in [5, 5.41) is 7.32. The van der Waals surface area contributed by atoms with Gasteiger partial charge in [-0.1, -0.05) is 36.4 Å². The molecule has 0 aliphatic rings. The van der Waals surface area contributed by atoms with Crippen molar-refractivity contribution in [3.63, 3.8) is 0 Å². The third kappa shape index (κ3) is 5.24. The topological polar surface area (TPSA) is 58.2 Å². The number of carbonyl (C=O) groups is 2. The first kappa shape index (κ1) is 15.0. The van der Waals surface area contributed by atoms with E-state index in [1.165, 1.54) is 17.4 Å². The van der Waals surface area contributed by atoms with E-state index in [1.54, 1.807) is 12.1 Å². The summed E-state index contributed by atoms with van der Waals surface area (Å²) in [7, 11) is 0. The van der Waals surface area contributed by atoms with Crippen molar-refractivity contribution >= 4 is 29.2 Å². The van der Waals surface area contributed by atoms with Crippen LogP contribution in [0.25, 0.3) is 6.08 Å². The van der Waals surface area contributed by atoms with Crippen LogP contribution in [0.5, 0.6) is 0 Å². The minimum atomic E-state index is -0.177. The van der Waals surface area contributed by atoms with Crippen molar-refractivity contribution in [1.29, 1.82) is 0 Å². The molecule has 0 aliphatic carbocycles. The van der Waals surface area contributed by atoms with Gasteiger partial charge < -0.3 is 10.6 Å². The van der Waals surface area contributed by atoms with Gasteiger partial charge in [0, 0.05) is 19.2 Å². The lowest BCUT2D eigenvalue weighted by atomic mass is 10.2. The maximum absolute atomic E-state index is 11.6. The third-order valence-corrected chi connectivity index (χ3v) is 3.55. The molecule has 0 fully saturated rings. The smallest absolute Gasteiger partial charge is 0.261 e. The van der Waals surface area contributed by atoms with Crippen molar-refractivity contribution in [2.24, 2.45) is 0 Å². The molecule has 2 aromatic rings. The van der Waals surface area contributed by atoms with E-state index in [4.69, 9.17) is 0 Å². The van der Waals surface area contributed by atoms with Crippen molar-refractivity contribution < 1.29 is 9.59 Å². The zero-order valence-electron chi connectivity index (χ0n) is 11.4. The Bertz CT molecular complexity index is 606. The number of thiophene rings is 1. The summed E-state index contributed by atoms with van der Waals surface area (Å²) in [6.07, 6.45) is 3.23. The molecular formula is C16H16N2O2S. The van der Waals surface area contributed by atoms with Crippen molar-refractivity contribution in [1.82, 2.24) is 10.6 Å². The average Bonchev–Trinajstić information content (AvgIpc) is 3.05. The van der Waals surface area contributed by atoms with E-state index in [0.717, 1.165) is 5.56 Å². The lowest BCUT2D eigenvalue weighted by molar-refractivity contribution is -0.116. The highest BCUT2D eigenvalue weighted by Crippen LogP contribution is 2.07. The normalized spacial score (nSPS) is 10.5. The van der Waals surface area contributed by atoms with E-state index < -0.39 is 0 Å². The van der Waals surface area contributed by atoms with Crippen molar-refractivity contribution in [2.45, 2.75) is 0 Å². The molecule has 0 radical (unpaired) electrons. The Morgan fingerprint density at radius 1 is 1.00 bits per heavy atom. The lowest BCUT2D eigenvalue weighted by Gasteiger charge is -2.04. The molecule has 2 rings (SSSR count). The van der Waals surface area contributed by atoms with Gasteiger partial charge in [-0.05, 0) is 23.1 Å². The Morgan fingerprint density at radius 3 is 2.48 bits per heavy atom. The third-order valence-electron chi connectivity index (χ3n) is 2.68. The van der Waals surface area contributed by atoms with Crippen LogP contribution in [0.15, 0.2) is 53.9 Å². The monoisotopic (exact) mass is 300 g/mol. The van der Waals surface area contributed by atoms with E-state index in [-0.39, 0.29) is 11.8 Å². The summed E-state index contributed by atoms with van der Waals surface area (Å²) in [6, 6.07) is 13.2. The van der Waals surface area contributed by atoms with Crippen LogP contribution >= 0.6 is 11.3 Å². The molecule has 5 heteroatoms. The molecule has 21 heavy (non-hydrogen) atoms. The molecule has 0 bridgehead atoms. The van der Waals surface area contributed by atoms with Crippen LogP contribution in [0.3, 0.4) is 0 Å². The first-order chi connectivity index (χ1) is 10.3. The van der Waals surface area contributed by atoms with E-state index in [2.05, 4.69) is 10.6 Å². The standard InChI is InChI=1S/C16H16N2O2S/c19-15(9-8-13-5-2-1-3-6-13)17-10-11-18-16(20)14-7-4-12-21-14/h1-9,12H,10-11H2,(H,17,19)(H,18,20). The predicted molar refractivity (Wildman–Crippen MR) is 85.1 cm³/mol. The highest BCUT2D eigenvalue weighted by Gasteiger charge is 2.04. The molecule has 0 atom stereocenters. The van der Waals surface area contributed by atoms with Crippen LogP contribution in [0.2, 0.25) is 0 Å². The van der Waals surface area contributed by atoms with E-state index >= 15 is 0 Å². The fourth-order valence-electron chi connectivity index (χ4n) is 1.65. The highest BCUT2D eigenvalue weighted by molar-refractivity contribution is 7.12. The molecule has 1 heterocycles. The molecule has 0 spiro atoms. The molecular weight excluding hydrogens is 284 g/mol. The number of hydrogen-bond donors (Lipinski definition) is 2. The second-order valence-electron chi connectivity index (χ2n) is 4.27. The van der Waals surface area contributed by atoms with Gasteiger partial charge in [-0.3, -0.25) is 9.59 Å². The summed E-state index contributed by atoms with van der Waals surface area (Å²) in [5.74, 6) is -0.289. The second kappa shape index (κ2) is 8.01. The van der Waals surface area contributed by atoms with Gasteiger partial charge in [0.1, 0.15) is 0 Å². The summed E-state index contributed by atoms with van der Waals surface area (Å²) < 4.78 is 0. The number of nitrogens with one attached hydrogen (secondary N) is 2. The fourth-order valence-corrected chi connectivity index (χ4v) is 2.29.